The molecule has 1 amide bonds. The molecule has 2 aromatic rings. The van der Waals surface area contributed by atoms with Crippen molar-refractivity contribution in [1.29, 1.82) is 0 Å². The van der Waals surface area contributed by atoms with E-state index in [1.807, 2.05) is 30.4 Å². The van der Waals surface area contributed by atoms with Crippen molar-refractivity contribution in [3.63, 3.8) is 0 Å². The number of likely N-dealkylation sites (tertiary alicyclic amines) is 1. The lowest BCUT2D eigenvalue weighted by Gasteiger charge is -2.35. The van der Waals surface area contributed by atoms with Crippen LogP contribution in [0.3, 0.4) is 0 Å². The van der Waals surface area contributed by atoms with Gasteiger partial charge in [-0.2, -0.15) is 0 Å². The maximum atomic E-state index is 12.9. The SMILES string of the molecule is Cn1ccnc1CN1CCC(C(=O)N2CC=C(c3ccccc3)CC2)CC1. The summed E-state index contributed by atoms with van der Waals surface area (Å²) in [5, 5.41) is 0. The van der Waals surface area contributed by atoms with E-state index in [1.165, 1.54) is 11.1 Å². The number of hydrogen-bond donors (Lipinski definition) is 0. The van der Waals surface area contributed by atoms with Crippen LogP contribution in [0.2, 0.25) is 0 Å². The second-order valence-electron chi connectivity index (χ2n) is 7.63. The molecule has 2 aliphatic heterocycles. The Morgan fingerprint density at radius 3 is 2.56 bits per heavy atom. The molecule has 5 nitrogen and oxygen atoms in total. The van der Waals surface area contributed by atoms with E-state index in [-0.39, 0.29) is 5.92 Å². The third-order valence-electron chi connectivity index (χ3n) is 5.89. The summed E-state index contributed by atoms with van der Waals surface area (Å²) in [5.41, 5.74) is 2.65. The van der Waals surface area contributed by atoms with Crippen LogP contribution in [-0.4, -0.2) is 51.4 Å². The zero-order valence-electron chi connectivity index (χ0n) is 16.1. The predicted octanol–water partition coefficient (Wildman–Crippen LogP) is 2.95. The number of aromatic nitrogens is 2. The van der Waals surface area contributed by atoms with Gasteiger partial charge in [0.1, 0.15) is 5.82 Å². The van der Waals surface area contributed by atoms with Crippen molar-refractivity contribution < 1.29 is 4.79 Å². The summed E-state index contributed by atoms with van der Waals surface area (Å²) < 4.78 is 2.07. The van der Waals surface area contributed by atoms with Crippen molar-refractivity contribution in [3.05, 3.63) is 60.2 Å². The Hall–Kier alpha value is -2.40. The van der Waals surface area contributed by atoms with Crippen LogP contribution in [0.25, 0.3) is 5.57 Å². The van der Waals surface area contributed by atoms with Crippen LogP contribution >= 0.6 is 0 Å². The second kappa shape index (κ2) is 8.09. The first-order chi connectivity index (χ1) is 13.2. The highest BCUT2D eigenvalue weighted by molar-refractivity contribution is 5.80. The number of amides is 1. The van der Waals surface area contributed by atoms with Gasteiger partial charge in [-0.3, -0.25) is 9.69 Å². The highest BCUT2D eigenvalue weighted by Gasteiger charge is 2.29. The van der Waals surface area contributed by atoms with Crippen molar-refractivity contribution in [3.8, 4) is 0 Å². The molecule has 0 bridgehead atoms. The maximum absolute atomic E-state index is 12.9. The third-order valence-corrected chi connectivity index (χ3v) is 5.89. The van der Waals surface area contributed by atoms with Crippen LogP contribution in [0.1, 0.15) is 30.7 Å². The van der Waals surface area contributed by atoms with Gasteiger partial charge in [0.2, 0.25) is 5.91 Å². The summed E-state index contributed by atoms with van der Waals surface area (Å²) in [5.74, 6) is 1.61. The molecule has 1 aromatic carbocycles. The molecule has 0 spiro atoms. The molecule has 142 valence electrons. The van der Waals surface area contributed by atoms with Crippen molar-refractivity contribution in [2.24, 2.45) is 13.0 Å². The molecular formula is C22H28N4O. The Morgan fingerprint density at radius 1 is 1.15 bits per heavy atom. The fourth-order valence-corrected chi connectivity index (χ4v) is 4.13. The summed E-state index contributed by atoms with van der Waals surface area (Å²) in [7, 11) is 2.03. The van der Waals surface area contributed by atoms with E-state index < -0.39 is 0 Å². The van der Waals surface area contributed by atoms with E-state index in [0.29, 0.717) is 5.91 Å². The molecule has 0 N–H and O–H groups in total. The number of hydrogen-bond acceptors (Lipinski definition) is 3. The largest absolute Gasteiger partial charge is 0.338 e. The Kier molecular flexibility index (Phi) is 5.39. The summed E-state index contributed by atoms with van der Waals surface area (Å²) >= 11 is 0. The Labute approximate surface area is 161 Å². The fourth-order valence-electron chi connectivity index (χ4n) is 4.13. The quantitative estimate of drug-likeness (QED) is 0.838. The molecule has 1 aromatic heterocycles. The van der Waals surface area contributed by atoms with Gasteiger partial charge < -0.3 is 9.47 Å². The molecule has 5 heteroatoms. The molecule has 1 fully saturated rings. The van der Waals surface area contributed by atoms with Gasteiger partial charge in [0.05, 0.1) is 6.54 Å². The first kappa shape index (κ1) is 18.0. The van der Waals surface area contributed by atoms with Gasteiger partial charge in [-0.05, 0) is 43.5 Å². The summed E-state index contributed by atoms with van der Waals surface area (Å²) in [6, 6.07) is 10.5. The second-order valence-corrected chi connectivity index (χ2v) is 7.63. The van der Waals surface area contributed by atoms with Crippen LogP contribution in [0.5, 0.6) is 0 Å². The topological polar surface area (TPSA) is 41.4 Å². The number of imidazole rings is 1. The van der Waals surface area contributed by atoms with E-state index in [0.717, 1.165) is 57.8 Å². The van der Waals surface area contributed by atoms with Crippen molar-refractivity contribution >= 4 is 11.5 Å². The average molecular weight is 364 g/mol. The first-order valence-electron chi connectivity index (χ1n) is 9.92. The molecule has 3 heterocycles. The molecule has 27 heavy (non-hydrogen) atoms. The highest BCUT2D eigenvalue weighted by Crippen LogP contribution is 2.26. The highest BCUT2D eigenvalue weighted by atomic mass is 16.2. The molecule has 0 aliphatic carbocycles. The van der Waals surface area contributed by atoms with E-state index in [2.05, 4.69) is 44.8 Å². The molecule has 0 atom stereocenters. The van der Waals surface area contributed by atoms with Crippen molar-refractivity contribution in [1.82, 2.24) is 19.4 Å². The molecule has 1 saturated heterocycles. The van der Waals surface area contributed by atoms with Gasteiger partial charge in [0.15, 0.2) is 0 Å². The average Bonchev–Trinajstić information content (AvgIpc) is 3.13. The Morgan fingerprint density at radius 2 is 1.93 bits per heavy atom. The lowest BCUT2D eigenvalue weighted by molar-refractivity contribution is -0.136. The standard InChI is InChI=1S/C22H28N4O/c1-24-16-11-23-21(24)17-25-12-7-20(8-13-25)22(27)26-14-9-19(10-15-26)18-5-3-2-4-6-18/h2-6,9,11,16,20H,7-8,10,12-15,17H2,1H3. The monoisotopic (exact) mass is 364 g/mol. The van der Waals surface area contributed by atoms with E-state index >= 15 is 0 Å². The number of piperidine rings is 1. The summed E-state index contributed by atoms with van der Waals surface area (Å²) in [4.78, 5) is 21.8. The number of aryl methyl sites for hydroxylation is 1. The normalized spacial score (nSPS) is 19.1. The molecular weight excluding hydrogens is 336 g/mol. The molecule has 0 saturated carbocycles. The van der Waals surface area contributed by atoms with Crippen LogP contribution in [-0.2, 0) is 18.4 Å². The van der Waals surface area contributed by atoms with Crippen molar-refractivity contribution in [2.45, 2.75) is 25.8 Å². The minimum Gasteiger partial charge on any atom is -0.338 e. The lowest BCUT2D eigenvalue weighted by atomic mass is 9.93. The van der Waals surface area contributed by atoms with Crippen LogP contribution in [0.4, 0.5) is 0 Å². The molecule has 0 radical (unpaired) electrons. The van der Waals surface area contributed by atoms with Crippen LogP contribution in [0.15, 0.2) is 48.8 Å². The summed E-state index contributed by atoms with van der Waals surface area (Å²) in [6.07, 6.45) is 8.92. The van der Waals surface area contributed by atoms with Gasteiger partial charge in [-0.15, -0.1) is 0 Å². The van der Waals surface area contributed by atoms with Crippen LogP contribution in [0, 0.1) is 5.92 Å². The van der Waals surface area contributed by atoms with E-state index in [9.17, 15) is 4.79 Å². The summed E-state index contributed by atoms with van der Waals surface area (Å²) in [6.45, 7) is 4.41. The lowest BCUT2D eigenvalue weighted by Crippen LogP contribution is -2.43. The number of benzene rings is 1. The smallest absolute Gasteiger partial charge is 0.226 e. The minimum absolute atomic E-state index is 0.175. The number of rotatable bonds is 4. The Bertz CT molecular complexity index is 803. The van der Waals surface area contributed by atoms with Crippen molar-refractivity contribution in [2.75, 3.05) is 26.2 Å². The Balaban J connectivity index is 1.29. The predicted molar refractivity (Wildman–Crippen MR) is 107 cm³/mol. The zero-order valence-corrected chi connectivity index (χ0v) is 16.1. The maximum Gasteiger partial charge on any atom is 0.226 e. The van der Waals surface area contributed by atoms with Gasteiger partial charge >= 0.3 is 0 Å². The molecule has 4 rings (SSSR count). The van der Waals surface area contributed by atoms with Gasteiger partial charge in [-0.25, -0.2) is 4.98 Å². The first-order valence-corrected chi connectivity index (χ1v) is 9.92. The van der Waals surface area contributed by atoms with E-state index in [1.54, 1.807) is 0 Å². The third kappa shape index (κ3) is 4.14. The zero-order chi connectivity index (χ0) is 18.6. The number of carbonyl (C=O) groups excluding carboxylic acids is 1. The minimum atomic E-state index is 0.175. The molecule has 0 unspecified atom stereocenters. The fraction of sp³-hybridized carbons (Fsp3) is 0.455. The van der Waals surface area contributed by atoms with Gasteiger partial charge in [0, 0.05) is 38.4 Å². The number of nitrogens with zero attached hydrogens (tertiary/aromatic N) is 4. The van der Waals surface area contributed by atoms with E-state index in [4.69, 9.17) is 0 Å². The van der Waals surface area contributed by atoms with Gasteiger partial charge in [0.25, 0.3) is 0 Å². The van der Waals surface area contributed by atoms with Crippen LogP contribution < -0.4 is 0 Å². The number of carbonyl (C=O) groups is 1. The molecule has 2 aliphatic rings. The van der Waals surface area contributed by atoms with Gasteiger partial charge in [-0.1, -0.05) is 36.4 Å².